The van der Waals surface area contributed by atoms with Gasteiger partial charge >= 0.3 is 0 Å². The van der Waals surface area contributed by atoms with Gasteiger partial charge in [0.15, 0.2) is 0 Å². The summed E-state index contributed by atoms with van der Waals surface area (Å²) in [5, 5.41) is 7.60. The molecule has 0 atom stereocenters. The molecule has 0 fully saturated rings. The Labute approximate surface area is 99.5 Å². The van der Waals surface area contributed by atoms with Crippen LogP contribution in [0.25, 0.3) is 0 Å². The van der Waals surface area contributed by atoms with E-state index in [1.807, 2.05) is 13.8 Å². The largest absolute Gasteiger partial charge is 0.369 e. The average molecular weight is 260 g/mol. The molecule has 0 radical (unpaired) electrons. The monoisotopic (exact) mass is 260 g/mol. The summed E-state index contributed by atoms with van der Waals surface area (Å²) < 4.78 is 21.4. The molecule has 1 rings (SSSR count). The first-order valence-corrected chi connectivity index (χ1v) is 6.85. The third-order valence-electron chi connectivity index (χ3n) is 2.00. The van der Waals surface area contributed by atoms with Crippen LogP contribution < -0.4 is 16.0 Å². The SMILES string of the molecule is CC(C)c1nc(NCCS(N)(=O)=O)cc(=O)[nH]1. The number of anilines is 1. The Morgan fingerprint density at radius 1 is 1.53 bits per heavy atom. The molecule has 0 saturated carbocycles. The molecule has 1 aromatic heterocycles. The van der Waals surface area contributed by atoms with E-state index in [4.69, 9.17) is 5.14 Å². The normalized spacial score (nSPS) is 11.8. The van der Waals surface area contributed by atoms with Gasteiger partial charge in [0.25, 0.3) is 5.56 Å². The lowest BCUT2D eigenvalue weighted by molar-refractivity contribution is 0.598. The molecule has 0 aliphatic rings. The highest BCUT2D eigenvalue weighted by Gasteiger charge is 2.06. The van der Waals surface area contributed by atoms with Crippen molar-refractivity contribution >= 4 is 15.8 Å². The smallest absolute Gasteiger partial charge is 0.252 e. The maximum Gasteiger partial charge on any atom is 0.252 e. The lowest BCUT2D eigenvalue weighted by Crippen LogP contribution is -2.23. The van der Waals surface area contributed by atoms with E-state index in [9.17, 15) is 13.2 Å². The van der Waals surface area contributed by atoms with E-state index >= 15 is 0 Å². The summed E-state index contributed by atoms with van der Waals surface area (Å²) in [6.45, 7) is 3.91. The summed E-state index contributed by atoms with van der Waals surface area (Å²) in [6.07, 6.45) is 0. The summed E-state index contributed by atoms with van der Waals surface area (Å²) in [4.78, 5) is 18.1. The molecule has 0 bridgehead atoms. The van der Waals surface area contributed by atoms with Gasteiger partial charge in [0.1, 0.15) is 11.6 Å². The van der Waals surface area contributed by atoms with Crippen LogP contribution in [-0.4, -0.2) is 30.7 Å². The predicted octanol–water partition coefficient (Wildman–Crippen LogP) is -0.406. The summed E-state index contributed by atoms with van der Waals surface area (Å²) in [5.74, 6) is 0.776. The molecule has 1 aromatic rings. The number of hydrogen-bond donors (Lipinski definition) is 3. The van der Waals surface area contributed by atoms with Crippen molar-refractivity contribution in [3.8, 4) is 0 Å². The molecule has 1 heterocycles. The third kappa shape index (κ3) is 4.96. The van der Waals surface area contributed by atoms with E-state index in [2.05, 4.69) is 15.3 Å². The Morgan fingerprint density at radius 2 is 2.18 bits per heavy atom. The molecule has 0 aliphatic heterocycles. The number of nitrogens with two attached hydrogens (primary N) is 1. The highest BCUT2D eigenvalue weighted by Crippen LogP contribution is 2.08. The number of aromatic nitrogens is 2. The van der Waals surface area contributed by atoms with E-state index in [0.29, 0.717) is 11.6 Å². The Kier molecular flexibility index (Phi) is 4.24. The maximum atomic E-state index is 11.3. The van der Waals surface area contributed by atoms with Crippen LogP contribution in [0.3, 0.4) is 0 Å². The van der Waals surface area contributed by atoms with Gasteiger partial charge in [0.05, 0.1) is 5.75 Å². The first-order valence-electron chi connectivity index (χ1n) is 5.13. The lowest BCUT2D eigenvalue weighted by Gasteiger charge is -2.08. The van der Waals surface area contributed by atoms with Gasteiger partial charge in [-0.05, 0) is 0 Å². The molecule has 0 aliphatic carbocycles. The van der Waals surface area contributed by atoms with E-state index in [1.54, 1.807) is 0 Å². The molecule has 96 valence electrons. The highest BCUT2D eigenvalue weighted by molar-refractivity contribution is 7.89. The molecular formula is C9H16N4O3S. The summed E-state index contributed by atoms with van der Waals surface area (Å²) in [7, 11) is -3.51. The van der Waals surface area contributed by atoms with Gasteiger partial charge in [-0.15, -0.1) is 0 Å². The molecule has 0 saturated heterocycles. The van der Waals surface area contributed by atoms with E-state index in [0.717, 1.165) is 0 Å². The standard InChI is InChI=1S/C9H16N4O3S/c1-6(2)9-12-7(5-8(14)13-9)11-3-4-17(10,15)16/h5-6H,3-4H2,1-2H3,(H2,10,15,16)(H2,11,12,13,14). The first-order chi connectivity index (χ1) is 7.78. The maximum absolute atomic E-state index is 11.3. The molecule has 8 heteroatoms. The van der Waals surface area contributed by atoms with Crippen molar-refractivity contribution in [2.75, 3.05) is 17.6 Å². The van der Waals surface area contributed by atoms with Crippen LogP contribution in [0, 0.1) is 0 Å². The van der Waals surface area contributed by atoms with Gasteiger partial charge in [0.2, 0.25) is 10.0 Å². The van der Waals surface area contributed by atoms with Crippen LogP contribution >= 0.6 is 0 Å². The summed E-state index contributed by atoms with van der Waals surface area (Å²) >= 11 is 0. The van der Waals surface area contributed by atoms with Crippen LogP contribution in [-0.2, 0) is 10.0 Å². The van der Waals surface area contributed by atoms with Gasteiger partial charge in [-0.25, -0.2) is 18.5 Å². The van der Waals surface area contributed by atoms with Crippen LogP contribution in [0.4, 0.5) is 5.82 Å². The van der Waals surface area contributed by atoms with Crippen molar-refractivity contribution in [1.29, 1.82) is 0 Å². The number of hydrogen-bond acceptors (Lipinski definition) is 5. The molecule has 0 amide bonds. The fourth-order valence-electron chi connectivity index (χ4n) is 1.16. The molecule has 7 nitrogen and oxygen atoms in total. The number of sulfonamides is 1. The zero-order valence-corrected chi connectivity index (χ0v) is 10.5. The van der Waals surface area contributed by atoms with Gasteiger partial charge < -0.3 is 10.3 Å². The summed E-state index contributed by atoms with van der Waals surface area (Å²) in [5.41, 5.74) is -0.276. The summed E-state index contributed by atoms with van der Waals surface area (Å²) in [6, 6.07) is 1.27. The van der Waals surface area contributed by atoms with Gasteiger partial charge in [0, 0.05) is 18.5 Å². The van der Waals surface area contributed by atoms with E-state index in [-0.39, 0.29) is 23.8 Å². The molecule has 0 unspecified atom stereocenters. The number of aromatic amines is 1. The van der Waals surface area contributed by atoms with Crippen molar-refractivity contribution in [2.45, 2.75) is 19.8 Å². The van der Waals surface area contributed by atoms with Crippen molar-refractivity contribution in [2.24, 2.45) is 5.14 Å². The Balaban J connectivity index is 2.75. The second-order valence-electron chi connectivity index (χ2n) is 3.96. The van der Waals surface area contributed by atoms with Crippen molar-refractivity contribution < 1.29 is 8.42 Å². The number of H-pyrrole nitrogens is 1. The first kappa shape index (κ1) is 13.7. The average Bonchev–Trinajstić information content (AvgIpc) is 2.14. The quantitative estimate of drug-likeness (QED) is 0.665. The fraction of sp³-hybridized carbons (Fsp3) is 0.556. The number of nitrogens with zero attached hydrogens (tertiary/aromatic N) is 1. The van der Waals surface area contributed by atoms with Gasteiger partial charge in [-0.1, -0.05) is 13.8 Å². The highest BCUT2D eigenvalue weighted by atomic mass is 32.2. The second-order valence-corrected chi connectivity index (χ2v) is 5.70. The van der Waals surface area contributed by atoms with Crippen LogP contribution in [0.5, 0.6) is 0 Å². The van der Waals surface area contributed by atoms with Crippen LogP contribution in [0.15, 0.2) is 10.9 Å². The Morgan fingerprint density at radius 3 is 2.71 bits per heavy atom. The lowest BCUT2D eigenvalue weighted by atomic mass is 10.2. The van der Waals surface area contributed by atoms with Gasteiger partial charge in [-0.2, -0.15) is 0 Å². The predicted molar refractivity (Wildman–Crippen MR) is 65.4 cm³/mol. The molecule has 0 spiro atoms. The van der Waals surface area contributed by atoms with E-state index < -0.39 is 10.0 Å². The van der Waals surface area contributed by atoms with Crippen LogP contribution in [0.1, 0.15) is 25.6 Å². The molecular weight excluding hydrogens is 244 g/mol. The van der Waals surface area contributed by atoms with Crippen molar-refractivity contribution in [3.63, 3.8) is 0 Å². The number of rotatable bonds is 5. The zero-order chi connectivity index (χ0) is 13.1. The van der Waals surface area contributed by atoms with Crippen molar-refractivity contribution in [1.82, 2.24) is 9.97 Å². The number of nitrogens with one attached hydrogen (secondary N) is 2. The third-order valence-corrected chi connectivity index (χ3v) is 2.77. The van der Waals surface area contributed by atoms with Crippen LogP contribution in [0.2, 0.25) is 0 Å². The van der Waals surface area contributed by atoms with Crippen molar-refractivity contribution in [3.05, 3.63) is 22.2 Å². The number of primary sulfonamides is 1. The second kappa shape index (κ2) is 5.28. The topological polar surface area (TPSA) is 118 Å². The van der Waals surface area contributed by atoms with E-state index in [1.165, 1.54) is 6.07 Å². The molecule has 4 N–H and O–H groups in total. The molecule has 17 heavy (non-hydrogen) atoms. The Bertz CT molecular complexity index is 535. The van der Waals surface area contributed by atoms with Gasteiger partial charge in [-0.3, -0.25) is 4.79 Å². The minimum absolute atomic E-state index is 0.0858. The fourth-order valence-corrected chi connectivity index (χ4v) is 1.55. The minimum Gasteiger partial charge on any atom is -0.369 e. The Hall–Kier alpha value is -1.41. The zero-order valence-electron chi connectivity index (χ0n) is 9.73. The molecule has 0 aromatic carbocycles. The minimum atomic E-state index is -3.51.